The molecular weight excluding hydrogens is 625 g/mol. The predicted octanol–water partition coefficient (Wildman–Crippen LogP) is 4.71. The molecule has 1 aromatic heterocycles. The lowest BCUT2D eigenvalue weighted by molar-refractivity contribution is -0.705. The highest BCUT2D eigenvalue weighted by molar-refractivity contribution is 7.90. The molecule has 0 aliphatic rings. The van der Waals surface area contributed by atoms with Gasteiger partial charge in [-0.25, -0.2) is 22.6 Å². The number of carbonyl (C=O) groups is 2. The Morgan fingerprint density at radius 3 is 2.27 bits per heavy atom. The van der Waals surface area contributed by atoms with Gasteiger partial charge in [-0.1, -0.05) is 29.8 Å². The van der Waals surface area contributed by atoms with E-state index < -0.39 is 52.4 Å². The van der Waals surface area contributed by atoms with Gasteiger partial charge in [-0.2, -0.15) is 18.3 Å². The van der Waals surface area contributed by atoms with Gasteiger partial charge in [0.2, 0.25) is 5.28 Å². The van der Waals surface area contributed by atoms with Gasteiger partial charge in [0, 0.05) is 12.5 Å². The summed E-state index contributed by atoms with van der Waals surface area (Å²) in [6.45, 7) is 7.11. The summed E-state index contributed by atoms with van der Waals surface area (Å²) in [6.07, 6.45) is -7.14. The first-order chi connectivity index (χ1) is 20.7. The molecule has 45 heavy (non-hydrogen) atoms. The van der Waals surface area contributed by atoms with Gasteiger partial charge in [-0.15, -0.1) is 5.01 Å². The zero-order valence-corrected chi connectivity index (χ0v) is 25.8. The Labute approximate surface area is 256 Å². The maximum Gasteiger partial charge on any atom is 0.511 e. The van der Waals surface area contributed by atoms with Crippen LogP contribution < -0.4 is 4.72 Å². The quantitative estimate of drug-likeness (QED) is 0.106. The molecule has 3 rings (SSSR count). The van der Waals surface area contributed by atoms with Gasteiger partial charge < -0.3 is 14.7 Å². The summed E-state index contributed by atoms with van der Waals surface area (Å²) in [5, 5.41) is 19.5. The zero-order valence-electron chi connectivity index (χ0n) is 25.0. The molecule has 0 spiro atoms. The Hall–Kier alpha value is -4.87. The minimum Gasteiger partial charge on any atom is -0.569 e. The van der Waals surface area contributed by atoms with Crippen LogP contribution in [-0.4, -0.2) is 65.7 Å². The topological polar surface area (TPSA) is 167 Å². The number of hydrazine groups is 1. The number of nitrogens with one attached hydrogen (secondary N) is 1. The van der Waals surface area contributed by atoms with E-state index in [1.165, 1.54) is 19.1 Å². The van der Waals surface area contributed by atoms with Gasteiger partial charge in [0.15, 0.2) is 12.2 Å². The molecular formula is C27H31F3N6O8S. The van der Waals surface area contributed by atoms with E-state index in [4.69, 9.17) is 14.3 Å². The van der Waals surface area contributed by atoms with E-state index in [0.717, 1.165) is 35.5 Å². The Morgan fingerprint density at radius 1 is 1.11 bits per heavy atom. The number of sulfonamides is 1. The van der Waals surface area contributed by atoms with Crippen LogP contribution in [0.4, 0.5) is 18.0 Å². The molecule has 14 nitrogen and oxygen atoms in total. The van der Waals surface area contributed by atoms with E-state index in [-0.39, 0.29) is 21.2 Å². The van der Waals surface area contributed by atoms with Crippen LogP contribution in [0.15, 0.2) is 64.8 Å². The molecule has 0 saturated carbocycles. The fraction of sp³-hybridized carbons (Fsp3) is 0.370. The van der Waals surface area contributed by atoms with E-state index in [1.807, 2.05) is 6.92 Å². The van der Waals surface area contributed by atoms with Crippen molar-refractivity contribution in [1.29, 1.82) is 0 Å². The largest absolute Gasteiger partial charge is 0.569 e. The van der Waals surface area contributed by atoms with Gasteiger partial charge in [-0.05, 0) is 58.0 Å². The first-order valence-corrected chi connectivity index (χ1v) is 14.6. The summed E-state index contributed by atoms with van der Waals surface area (Å²) in [5.41, 5.74) is -0.378. The number of carbonyl (C=O) groups excluding carboxylic acids is 2. The molecule has 0 aliphatic heterocycles. The third kappa shape index (κ3) is 9.82. The lowest BCUT2D eigenvalue weighted by Crippen LogP contribution is -2.41. The Bertz CT molecular complexity index is 1650. The number of amides is 1. The zero-order chi connectivity index (χ0) is 33.7. The van der Waals surface area contributed by atoms with E-state index in [0.29, 0.717) is 10.6 Å². The lowest BCUT2D eigenvalue weighted by atomic mass is 10.1. The average Bonchev–Trinajstić information content (AvgIpc) is 3.37. The van der Waals surface area contributed by atoms with E-state index >= 15 is 0 Å². The van der Waals surface area contributed by atoms with E-state index in [2.05, 4.69) is 10.4 Å². The number of hydrogen-bond donors (Lipinski definition) is 1. The van der Waals surface area contributed by atoms with Crippen LogP contribution in [0.25, 0.3) is 16.9 Å². The number of benzene rings is 2. The second-order valence-corrected chi connectivity index (χ2v) is 12.3. The Morgan fingerprint density at radius 2 is 1.71 bits per heavy atom. The van der Waals surface area contributed by atoms with Crippen molar-refractivity contribution >= 4 is 22.1 Å². The molecule has 1 N–H and O–H groups in total. The SMILES string of the molecule is Cc1ccc(-c2cc(C(F)(F)F)nn2-c2ccc(S(=O)(=O)NC(=O)CN(C)[N+]([O-])=NOC(C)OC(=O)OC(C)(C)C)cc2)cc1. The third-order valence-electron chi connectivity index (χ3n) is 5.57. The molecule has 2 aromatic carbocycles. The van der Waals surface area contributed by atoms with Crippen LogP contribution in [0.2, 0.25) is 0 Å². The minimum atomic E-state index is -4.73. The fourth-order valence-corrected chi connectivity index (χ4v) is 4.50. The van der Waals surface area contributed by atoms with Gasteiger partial charge in [0.25, 0.3) is 22.2 Å². The number of alkyl halides is 3. The summed E-state index contributed by atoms with van der Waals surface area (Å²) < 4.78 is 78.5. The minimum absolute atomic E-state index is 0.122. The van der Waals surface area contributed by atoms with Crippen molar-refractivity contribution in [2.75, 3.05) is 13.6 Å². The van der Waals surface area contributed by atoms with Gasteiger partial charge in [0.05, 0.1) is 28.3 Å². The Kier molecular flexibility index (Phi) is 10.3. The molecule has 1 amide bonds. The van der Waals surface area contributed by atoms with Gasteiger partial charge in [-0.3, -0.25) is 9.63 Å². The molecule has 0 aliphatic carbocycles. The first kappa shape index (κ1) is 34.6. The Balaban J connectivity index is 1.68. The highest BCUT2D eigenvalue weighted by atomic mass is 32.2. The monoisotopic (exact) mass is 656 g/mol. The maximum absolute atomic E-state index is 13.5. The number of rotatable bonds is 10. The standard InChI is InChI=1S/C27H31F3N6O8S/c1-17-7-9-19(10-8-17)22-15-23(27(28,29)30)31-35(22)20-11-13-21(14-12-20)45(40,41)32-24(37)16-34(6)36(39)33-44-18(2)42-25(38)43-26(3,4)5/h7-15,18H,16H2,1-6H3,(H,32,37). The summed E-state index contributed by atoms with van der Waals surface area (Å²) in [5.74, 6) is -1.13. The number of halogens is 3. The van der Waals surface area contributed by atoms with Crippen LogP contribution >= 0.6 is 0 Å². The van der Waals surface area contributed by atoms with Gasteiger partial charge in [0.1, 0.15) is 5.60 Å². The summed E-state index contributed by atoms with van der Waals surface area (Å²) in [4.78, 5) is 28.2. The number of aryl methyl sites for hydroxylation is 1. The molecule has 0 saturated heterocycles. The first-order valence-electron chi connectivity index (χ1n) is 13.1. The van der Waals surface area contributed by atoms with Crippen molar-refractivity contribution in [2.24, 2.45) is 5.28 Å². The molecule has 3 aromatic rings. The number of aromatic nitrogens is 2. The second-order valence-electron chi connectivity index (χ2n) is 10.6. The van der Waals surface area contributed by atoms with Crippen molar-refractivity contribution in [3.63, 3.8) is 0 Å². The van der Waals surface area contributed by atoms with Crippen molar-refractivity contribution in [2.45, 2.75) is 57.6 Å². The van der Waals surface area contributed by atoms with Crippen molar-refractivity contribution in [3.8, 4) is 16.9 Å². The highest BCUT2D eigenvalue weighted by Gasteiger charge is 2.35. The van der Waals surface area contributed by atoms with Crippen LogP contribution in [0.1, 0.15) is 39.0 Å². The predicted molar refractivity (Wildman–Crippen MR) is 151 cm³/mol. The van der Waals surface area contributed by atoms with Gasteiger partial charge >= 0.3 is 12.3 Å². The van der Waals surface area contributed by atoms with Crippen LogP contribution in [-0.2, 0) is 35.3 Å². The molecule has 1 unspecified atom stereocenters. The number of nitrogens with zero attached hydrogens (tertiary/aromatic N) is 5. The number of ether oxygens (including phenoxy) is 2. The highest BCUT2D eigenvalue weighted by Crippen LogP contribution is 2.33. The van der Waals surface area contributed by atoms with Crippen LogP contribution in [0.5, 0.6) is 0 Å². The van der Waals surface area contributed by atoms with Crippen molar-refractivity contribution in [3.05, 3.63) is 71.1 Å². The van der Waals surface area contributed by atoms with Crippen LogP contribution in [0, 0.1) is 12.1 Å². The molecule has 0 radical (unpaired) electrons. The lowest BCUT2D eigenvalue weighted by Gasteiger charge is -2.20. The smallest absolute Gasteiger partial charge is 0.511 e. The van der Waals surface area contributed by atoms with E-state index in [9.17, 15) is 36.4 Å². The average molecular weight is 657 g/mol. The molecule has 0 bridgehead atoms. The van der Waals surface area contributed by atoms with Crippen molar-refractivity contribution < 1.29 is 50.5 Å². The molecule has 0 fully saturated rings. The molecule has 1 atom stereocenters. The maximum atomic E-state index is 13.5. The van der Waals surface area contributed by atoms with Crippen LogP contribution in [0.3, 0.4) is 0 Å². The fourth-order valence-electron chi connectivity index (χ4n) is 3.52. The number of hydrogen-bond acceptors (Lipinski definition) is 10. The third-order valence-corrected chi connectivity index (χ3v) is 6.96. The second kappa shape index (κ2) is 13.4. The summed E-state index contributed by atoms with van der Waals surface area (Å²) >= 11 is 0. The molecule has 18 heteroatoms. The normalized spacial score (nSPS) is 13.1. The van der Waals surface area contributed by atoms with E-state index in [1.54, 1.807) is 49.8 Å². The summed E-state index contributed by atoms with van der Waals surface area (Å²) in [6, 6.07) is 12.2. The summed E-state index contributed by atoms with van der Waals surface area (Å²) in [7, 11) is -3.36. The number of likely N-dealkylation sites (N-methyl/N-ethyl adjacent to an activating group) is 1. The molecule has 244 valence electrons. The molecule has 1 heterocycles. The van der Waals surface area contributed by atoms with Crippen molar-refractivity contribution in [1.82, 2.24) is 19.5 Å².